The summed E-state index contributed by atoms with van der Waals surface area (Å²) < 4.78 is 5.06. The van der Waals surface area contributed by atoms with Crippen LogP contribution in [0.2, 0.25) is 0 Å². The smallest absolute Gasteiger partial charge is 0.310 e. The summed E-state index contributed by atoms with van der Waals surface area (Å²) in [6.07, 6.45) is 3.35. The summed E-state index contributed by atoms with van der Waals surface area (Å²) in [6.45, 7) is 8.60. The molecule has 0 saturated carbocycles. The predicted octanol–water partition coefficient (Wildman–Crippen LogP) is 0.586. The summed E-state index contributed by atoms with van der Waals surface area (Å²) in [7, 11) is 0. The van der Waals surface area contributed by atoms with Crippen LogP contribution in [0.4, 0.5) is 0 Å². The highest BCUT2D eigenvalue weighted by atomic mass is 35.5. The topological polar surface area (TPSA) is 79.0 Å². The van der Waals surface area contributed by atoms with Crippen molar-refractivity contribution >= 4 is 30.2 Å². The van der Waals surface area contributed by atoms with Gasteiger partial charge in [0.2, 0.25) is 11.8 Å². The lowest BCUT2D eigenvalue weighted by molar-refractivity contribution is -0.152. The molecule has 1 N–H and O–H groups in total. The summed E-state index contributed by atoms with van der Waals surface area (Å²) in [6, 6.07) is -0.492. The average molecular weight is 374 g/mol. The van der Waals surface area contributed by atoms with Gasteiger partial charge in [0.05, 0.1) is 25.0 Å². The highest BCUT2D eigenvalue weighted by molar-refractivity contribution is 5.89. The van der Waals surface area contributed by atoms with Crippen LogP contribution >= 0.6 is 12.4 Å². The number of ether oxygens (including phenoxy) is 1. The second kappa shape index (κ2) is 10.4. The van der Waals surface area contributed by atoms with Gasteiger partial charge in [-0.15, -0.1) is 19.0 Å². The van der Waals surface area contributed by atoms with Crippen molar-refractivity contribution in [2.45, 2.75) is 32.2 Å². The van der Waals surface area contributed by atoms with Gasteiger partial charge >= 0.3 is 5.97 Å². The van der Waals surface area contributed by atoms with E-state index < -0.39 is 6.04 Å². The predicted molar refractivity (Wildman–Crippen MR) is 96.4 cm³/mol. The summed E-state index contributed by atoms with van der Waals surface area (Å²) in [5.74, 6) is -0.641. The molecular formula is C17H28ClN3O4. The lowest BCUT2D eigenvalue weighted by Crippen LogP contribution is -2.56. The van der Waals surface area contributed by atoms with Gasteiger partial charge in [0.1, 0.15) is 0 Å². The number of carbonyl (C=O) groups excluding carboxylic acids is 3. The van der Waals surface area contributed by atoms with Crippen molar-refractivity contribution in [1.29, 1.82) is 0 Å². The monoisotopic (exact) mass is 373 g/mol. The highest BCUT2D eigenvalue weighted by Crippen LogP contribution is 2.19. The van der Waals surface area contributed by atoms with Gasteiger partial charge in [-0.1, -0.05) is 6.08 Å². The number of nitrogens with one attached hydrogen (secondary N) is 1. The standard InChI is InChI=1S/C17H27N3O4.ClH/c1-3-8-19-10-7-18-14(16(19)22)11-15(21)20-9-5-6-13(12-20)17(23)24-4-2;/h3,13-14,18H,1,4-12H2,2H3;1H. The Labute approximate surface area is 155 Å². The first kappa shape index (κ1) is 21.4. The van der Waals surface area contributed by atoms with Crippen LogP contribution in [0.1, 0.15) is 26.2 Å². The van der Waals surface area contributed by atoms with Crippen LogP contribution in [-0.4, -0.2) is 73.0 Å². The molecule has 2 aliphatic rings. The number of hydrogen-bond donors (Lipinski definition) is 1. The van der Waals surface area contributed by atoms with Crippen molar-refractivity contribution in [2.24, 2.45) is 5.92 Å². The minimum Gasteiger partial charge on any atom is -0.466 e. The number of likely N-dealkylation sites (tertiary alicyclic amines) is 1. The van der Waals surface area contributed by atoms with Crippen molar-refractivity contribution in [3.8, 4) is 0 Å². The maximum absolute atomic E-state index is 12.5. The molecule has 2 rings (SSSR count). The molecule has 2 atom stereocenters. The number of piperidine rings is 1. The molecule has 2 aliphatic heterocycles. The van der Waals surface area contributed by atoms with E-state index in [1.807, 2.05) is 0 Å². The molecule has 8 heteroatoms. The Kier molecular flexibility index (Phi) is 8.92. The number of amides is 2. The number of nitrogens with zero attached hydrogens (tertiary/aromatic N) is 2. The van der Waals surface area contributed by atoms with E-state index in [1.165, 1.54) is 0 Å². The minimum atomic E-state index is -0.492. The van der Waals surface area contributed by atoms with E-state index in [0.717, 1.165) is 12.8 Å². The van der Waals surface area contributed by atoms with Gasteiger partial charge in [-0.3, -0.25) is 14.4 Å². The summed E-state index contributed by atoms with van der Waals surface area (Å²) >= 11 is 0. The molecule has 7 nitrogen and oxygen atoms in total. The fourth-order valence-electron chi connectivity index (χ4n) is 3.25. The van der Waals surface area contributed by atoms with E-state index in [4.69, 9.17) is 4.74 Å². The van der Waals surface area contributed by atoms with Gasteiger partial charge in [-0.2, -0.15) is 0 Å². The minimum absolute atomic E-state index is 0. The Bertz CT molecular complexity index is 500. The van der Waals surface area contributed by atoms with Crippen molar-refractivity contribution in [2.75, 3.05) is 39.3 Å². The summed E-state index contributed by atoms with van der Waals surface area (Å²) in [5.41, 5.74) is 0. The van der Waals surface area contributed by atoms with Gasteiger partial charge in [0, 0.05) is 32.7 Å². The molecule has 2 amide bonds. The molecule has 142 valence electrons. The summed E-state index contributed by atoms with van der Waals surface area (Å²) in [5, 5.41) is 3.12. The summed E-state index contributed by atoms with van der Waals surface area (Å²) in [4.78, 5) is 40.2. The quantitative estimate of drug-likeness (QED) is 0.544. The van der Waals surface area contributed by atoms with E-state index in [1.54, 1.807) is 22.8 Å². The second-order valence-electron chi connectivity index (χ2n) is 6.21. The second-order valence-corrected chi connectivity index (χ2v) is 6.21. The molecule has 2 fully saturated rings. The largest absolute Gasteiger partial charge is 0.466 e. The Morgan fingerprint density at radius 2 is 2.16 bits per heavy atom. The third-order valence-corrected chi connectivity index (χ3v) is 4.50. The number of halogens is 1. The van der Waals surface area contributed by atoms with Crippen molar-refractivity contribution in [3.05, 3.63) is 12.7 Å². The van der Waals surface area contributed by atoms with Gasteiger partial charge in [0.25, 0.3) is 0 Å². The molecule has 25 heavy (non-hydrogen) atoms. The third kappa shape index (κ3) is 5.71. The normalized spacial score (nSPS) is 23.6. The maximum atomic E-state index is 12.5. The number of hydrogen-bond acceptors (Lipinski definition) is 5. The number of rotatable bonds is 6. The van der Waals surface area contributed by atoms with Crippen LogP contribution in [0.15, 0.2) is 12.7 Å². The molecule has 0 aromatic rings. The van der Waals surface area contributed by atoms with Gasteiger partial charge in [-0.25, -0.2) is 0 Å². The molecule has 0 aromatic heterocycles. The zero-order chi connectivity index (χ0) is 17.5. The lowest BCUT2D eigenvalue weighted by Gasteiger charge is -2.35. The Morgan fingerprint density at radius 3 is 2.84 bits per heavy atom. The first-order valence-electron chi connectivity index (χ1n) is 8.64. The van der Waals surface area contributed by atoms with E-state index >= 15 is 0 Å². The zero-order valence-corrected chi connectivity index (χ0v) is 15.6. The molecular weight excluding hydrogens is 346 g/mol. The van der Waals surface area contributed by atoms with E-state index in [0.29, 0.717) is 39.3 Å². The van der Waals surface area contributed by atoms with E-state index in [2.05, 4.69) is 11.9 Å². The fraction of sp³-hybridized carbons (Fsp3) is 0.706. The van der Waals surface area contributed by atoms with Gasteiger partial charge in [0.15, 0.2) is 0 Å². The molecule has 0 bridgehead atoms. The zero-order valence-electron chi connectivity index (χ0n) is 14.7. The third-order valence-electron chi connectivity index (χ3n) is 4.50. The molecule has 2 unspecified atom stereocenters. The first-order chi connectivity index (χ1) is 11.6. The number of carbonyl (C=O) groups is 3. The Balaban J connectivity index is 0.00000312. The number of piperazine rings is 1. The molecule has 0 radical (unpaired) electrons. The van der Waals surface area contributed by atoms with Gasteiger partial charge in [-0.05, 0) is 19.8 Å². The molecule has 0 spiro atoms. The van der Waals surface area contributed by atoms with Crippen LogP contribution in [0.5, 0.6) is 0 Å². The van der Waals surface area contributed by atoms with Crippen LogP contribution < -0.4 is 5.32 Å². The lowest BCUT2D eigenvalue weighted by atomic mass is 9.97. The van der Waals surface area contributed by atoms with Crippen molar-refractivity contribution in [3.63, 3.8) is 0 Å². The van der Waals surface area contributed by atoms with Crippen LogP contribution in [-0.2, 0) is 19.1 Å². The highest BCUT2D eigenvalue weighted by Gasteiger charge is 2.33. The Hall–Kier alpha value is -1.60. The van der Waals surface area contributed by atoms with Crippen LogP contribution in [0.3, 0.4) is 0 Å². The molecule has 0 aromatic carbocycles. The SMILES string of the molecule is C=CCN1CCNC(CC(=O)N2CCCC(C(=O)OCC)C2)C1=O.Cl. The first-order valence-corrected chi connectivity index (χ1v) is 8.64. The molecule has 2 saturated heterocycles. The van der Waals surface area contributed by atoms with E-state index in [9.17, 15) is 14.4 Å². The maximum Gasteiger partial charge on any atom is 0.310 e. The molecule has 0 aliphatic carbocycles. The molecule has 2 heterocycles. The van der Waals surface area contributed by atoms with Gasteiger partial charge < -0.3 is 19.9 Å². The fourth-order valence-corrected chi connectivity index (χ4v) is 3.25. The van der Waals surface area contributed by atoms with E-state index in [-0.39, 0.29) is 42.5 Å². The van der Waals surface area contributed by atoms with Crippen LogP contribution in [0.25, 0.3) is 0 Å². The van der Waals surface area contributed by atoms with Crippen molar-refractivity contribution < 1.29 is 19.1 Å². The Morgan fingerprint density at radius 1 is 1.40 bits per heavy atom. The average Bonchev–Trinajstić information content (AvgIpc) is 2.59. The number of esters is 1. The van der Waals surface area contributed by atoms with Crippen molar-refractivity contribution in [1.82, 2.24) is 15.1 Å². The van der Waals surface area contributed by atoms with Crippen LogP contribution in [0, 0.1) is 5.92 Å².